The lowest BCUT2D eigenvalue weighted by molar-refractivity contribution is -0.122. The lowest BCUT2D eigenvalue weighted by atomic mass is 9.70. The molecule has 2 heterocycles. The lowest BCUT2D eigenvalue weighted by Gasteiger charge is -2.41. The van der Waals surface area contributed by atoms with Crippen LogP contribution in [0.5, 0.6) is 0 Å². The second-order valence-electron chi connectivity index (χ2n) is 13.5. The topological polar surface area (TPSA) is 201 Å². The Kier molecular flexibility index (Phi) is 8.51. The predicted molar refractivity (Wildman–Crippen MR) is 185 cm³/mol. The van der Waals surface area contributed by atoms with Crippen LogP contribution in [0, 0.1) is 5.41 Å². The Morgan fingerprint density at radius 3 is 2.44 bits per heavy atom. The van der Waals surface area contributed by atoms with Gasteiger partial charge in [-0.15, -0.1) is 4.40 Å². The highest BCUT2D eigenvalue weighted by atomic mass is 32.2. The van der Waals surface area contributed by atoms with Crippen molar-refractivity contribution in [2.45, 2.75) is 50.1 Å². The number of aliphatic hydroxyl groups excluding tert-OH is 1. The van der Waals surface area contributed by atoms with Gasteiger partial charge in [0.05, 0.1) is 11.9 Å². The van der Waals surface area contributed by atoms with E-state index in [-0.39, 0.29) is 45.8 Å². The number of rotatable bonds is 7. The number of benzene rings is 3. The Balaban J connectivity index is 1.47. The second kappa shape index (κ2) is 12.3. The number of hydrogen-bond acceptors (Lipinski definition) is 10. The molecule has 0 radical (unpaired) electrons. The quantitative estimate of drug-likeness (QED) is 0.256. The smallest absolute Gasteiger partial charge is 0.418 e. The number of urea groups is 1. The molecular formula is C34H35N5O9S2. The highest BCUT2D eigenvalue weighted by Gasteiger charge is 2.53. The first-order chi connectivity index (χ1) is 23.4. The molecule has 1 aliphatic carbocycles. The fourth-order valence-corrected chi connectivity index (χ4v) is 7.91. The van der Waals surface area contributed by atoms with Gasteiger partial charge in [-0.05, 0) is 47.6 Å². The Bertz CT molecular complexity index is 2210. The summed E-state index contributed by atoms with van der Waals surface area (Å²) in [6.45, 7) is 5.73. The molecule has 3 aromatic carbocycles. The minimum atomic E-state index is -4.56. The summed E-state index contributed by atoms with van der Waals surface area (Å²) in [5, 5.41) is 17.3. The van der Waals surface area contributed by atoms with Crippen molar-refractivity contribution < 1.29 is 41.1 Å². The van der Waals surface area contributed by atoms with Gasteiger partial charge in [-0.1, -0.05) is 75.4 Å². The van der Waals surface area contributed by atoms with Crippen molar-refractivity contribution in [2.24, 2.45) is 9.81 Å². The first kappa shape index (κ1) is 34.6. The molecule has 2 aliphatic heterocycles. The zero-order valence-corrected chi connectivity index (χ0v) is 29.2. The summed E-state index contributed by atoms with van der Waals surface area (Å²) in [4.78, 5) is 42.8. The van der Waals surface area contributed by atoms with E-state index < -0.39 is 66.7 Å². The van der Waals surface area contributed by atoms with Crippen LogP contribution in [0.2, 0.25) is 0 Å². The number of ketones is 1. The maximum atomic E-state index is 15.0. The molecule has 6 rings (SSSR count). The molecule has 50 heavy (non-hydrogen) atoms. The van der Waals surface area contributed by atoms with Crippen molar-refractivity contribution >= 4 is 60.9 Å². The number of carbonyl (C=O) groups excluding carboxylic acids is 3. The highest BCUT2D eigenvalue weighted by molar-refractivity contribution is 7.92. The van der Waals surface area contributed by atoms with E-state index in [4.69, 9.17) is 4.74 Å². The number of sulfonamides is 2. The summed E-state index contributed by atoms with van der Waals surface area (Å²) in [5.74, 6) is -1.94. The predicted octanol–water partition coefficient (Wildman–Crippen LogP) is 5.05. The van der Waals surface area contributed by atoms with Crippen molar-refractivity contribution in [1.29, 1.82) is 0 Å². The molecule has 262 valence electrons. The summed E-state index contributed by atoms with van der Waals surface area (Å²) in [5.41, 5.74) is -1.84. The molecular weight excluding hydrogens is 687 g/mol. The van der Waals surface area contributed by atoms with E-state index in [0.717, 1.165) is 17.2 Å². The van der Waals surface area contributed by atoms with Crippen LogP contribution in [0.1, 0.15) is 56.3 Å². The van der Waals surface area contributed by atoms with Gasteiger partial charge in [0.25, 0.3) is 10.0 Å². The summed E-state index contributed by atoms with van der Waals surface area (Å²) < 4.78 is 61.9. The number of Topliss-reactive ketones (excluding diaryl/α,β-unsaturated/α-hetero) is 1. The van der Waals surface area contributed by atoms with E-state index in [0.29, 0.717) is 12.0 Å². The third-order valence-electron chi connectivity index (χ3n) is 8.60. The van der Waals surface area contributed by atoms with Crippen LogP contribution < -0.4 is 15.4 Å². The van der Waals surface area contributed by atoms with Crippen LogP contribution in [0.25, 0.3) is 5.76 Å². The zero-order valence-electron chi connectivity index (χ0n) is 27.6. The number of imide groups is 1. The third kappa shape index (κ3) is 6.43. The van der Waals surface area contributed by atoms with Crippen LogP contribution in [0.3, 0.4) is 0 Å². The van der Waals surface area contributed by atoms with E-state index in [1.165, 1.54) is 18.2 Å². The number of aliphatic hydroxyl groups is 1. The van der Waals surface area contributed by atoms with Gasteiger partial charge in [-0.3, -0.25) is 9.52 Å². The normalized spacial score (nSPS) is 21.4. The molecule has 1 fully saturated rings. The van der Waals surface area contributed by atoms with Crippen molar-refractivity contribution in [2.75, 3.05) is 22.9 Å². The molecule has 14 nitrogen and oxygen atoms in total. The molecule has 4 N–H and O–H groups in total. The minimum Gasteiger partial charge on any atom is -0.506 e. The van der Waals surface area contributed by atoms with Crippen molar-refractivity contribution in [1.82, 2.24) is 10.2 Å². The van der Waals surface area contributed by atoms with Gasteiger partial charge in [0.2, 0.25) is 10.0 Å². The van der Waals surface area contributed by atoms with Gasteiger partial charge in [0.15, 0.2) is 11.6 Å². The van der Waals surface area contributed by atoms with E-state index >= 15 is 0 Å². The maximum absolute atomic E-state index is 15.0. The molecule has 2 atom stereocenters. The fourth-order valence-electron chi connectivity index (χ4n) is 6.21. The number of carbonyl (C=O) groups is 3. The largest absolute Gasteiger partial charge is 0.506 e. The van der Waals surface area contributed by atoms with Crippen molar-refractivity contribution in [3.05, 3.63) is 95.1 Å². The minimum absolute atomic E-state index is 0.00903. The number of amides is 3. The fraction of sp³-hybridized carbons (Fsp3) is 0.294. The molecule has 0 saturated carbocycles. The number of amidine groups is 1. The molecule has 16 heteroatoms. The molecule has 0 bridgehead atoms. The number of cyclic esters (lactones) is 1. The first-order valence-corrected chi connectivity index (χ1v) is 18.9. The van der Waals surface area contributed by atoms with Crippen LogP contribution in [-0.2, 0) is 35.1 Å². The van der Waals surface area contributed by atoms with Crippen molar-refractivity contribution in [3.8, 4) is 0 Å². The van der Waals surface area contributed by atoms with E-state index in [2.05, 4.69) is 19.8 Å². The second-order valence-corrected chi connectivity index (χ2v) is 16.8. The van der Waals surface area contributed by atoms with Gasteiger partial charge < -0.3 is 20.5 Å². The molecule has 0 aromatic heterocycles. The zero-order chi connectivity index (χ0) is 36.2. The standard InChI is InChI=1S/C34H35N5O9S2/c1-33(2,3)16-17-34(36-31(42)39-25(19-48-32(39)43)20-10-6-5-7-11-20)23-13-9-8-12-22(23)28(40)27(29(34)41)30-35-24-15-14-21(37-49(4,44)45)18-26(24)50(46,47)38-30/h5-15,18,25,37,40H,16-17,19H2,1-4H3,(H,35,38)(H,36,42)/t25-,34+/m0/s1. The summed E-state index contributed by atoms with van der Waals surface area (Å²) >= 11 is 0. The van der Waals surface area contributed by atoms with E-state index in [1.54, 1.807) is 48.5 Å². The first-order valence-electron chi connectivity index (χ1n) is 15.6. The molecule has 1 saturated heterocycles. The summed E-state index contributed by atoms with van der Waals surface area (Å²) in [7, 11) is -8.29. The Hall–Kier alpha value is -5.22. The average molecular weight is 722 g/mol. The third-order valence-corrected chi connectivity index (χ3v) is 10.5. The Labute approximate surface area is 289 Å². The monoisotopic (exact) mass is 721 g/mol. The molecule has 3 amide bonds. The van der Waals surface area contributed by atoms with Crippen LogP contribution in [0.15, 0.2) is 87.7 Å². The van der Waals surface area contributed by atoms with E-state index in [1.807, 2.05) is 20.8 Å². The van der Waals surface area contributed by atoms with Gasteiger partial charge >= 0.3 is 12.1 Å². The summed E-state index contributed by atoms with van der Waals surface area (Å²) in [6, 6.07) is 17.1. The van der Waals surface area contributed by atoms with Crippen LogP contribution in [0.4, 0.5) is 21.0 Å². The van der Waals surface area contributed by atoms with Gasteiger partial charge in [-0.25, -0.2) is 22.9 Å². The SMILES string of the molecule is CC(C)(C)CC[C@]1(NC(=O)N2C(=O)OC[C@H]2c2ccccc2)C(=O)C(C2=NS(=O)(=O)c3cc(NS(C)(=O)=O)ccc3N2)=C(O)c2ccccc21. The maximum Gasteiger partial charge on any atom is 0.418 e. The van der Waals surface area contributed by atoms with Gasteiger partial charge in [0, 0.05) is 11.3 Å². The Morgan fingerprint density at radius 1 is 1.08 bits per heavy atom. The molecule has 0 spiro atoms. The van der Waals surface area contributed by atoms with Gasteiger partial charge in [0.1, 0.15) is 34.4 Å². The molecule has 3 aliphatic rings. The number of anilines is 2. The molecule has 0 unspecified atom stereocenters. The number of nitrogens with zero attached hydrogens (tertiary/aromatic N) is 2. The lowest BCUT2D eigenvalue weighted by Crippen LogP contribution is -2.59. The number of ether oxygens (including phenoxy) is 1. The highest BCUT2D eigenvalue weighted by Crippen LogP contribution is 2.45. The Morgan fingerprint density at radius 2 is 1.76 bits per heavy atom. The molecule has 3 aromatic rings. The van der Waals surface area contributed by atoms with Crippen LogP contribution in [-0.4, -0.2) is 63.4 Å². The van der Waals surface area contributed by atoms with Gasteiger partial charge in [-0.2, -0.15) is 8.42 Å². The number of nitrogens with one attached hydrogen (secondary N) is 3. The average Bonchev–Trinajstić information content (AvgIpc) is 3.43. The number of fused-ring (bicyclic) bond motifs is 2. The summed E-state index contributed by atoms with van der Waals surface area (Å²) in [6.07, 6.45) is 0.357. The number of hydrogen-bond donors (Lipinski definition) is 4. The van der Waals surface area contributed by atoms with E-state index in [9.17, 15) is 36.3 Å². The van der Waals surface area contributed by atoms with Crippen LogP contribution >= 0.6 is 0 Å². The van der Waals surface area contributed by atoms with Crippen molar-refractivity contribution in [3.63, 3.8) is 0 Å².